The first-order valence-electron chi connectivity index (χ1n) is 8.52. The Morgan fingerprint density at radius 2 is 1.85 bits per heavy atom. The quantitative estimate of drug-likeness (QED) is 0.698. The largest absolute Gasteiger partial charge is 0.312 e. The average molecular weight is 279 g/mol. The smallest absolute Gasteiger partial charge is 0.0672 e. The lowest BCUT2D eigenvalue weighted by Gasteiger charge is -2.29. The lowest BCUT2D eigenvalue weighted by atomic mass is 10.0. The third-order valence-electron chi connectivity index (χ3n) is 4.04. The molecule has 0 bridgehead atoms. The van der Waals surface area contributed by atoms with E-state index in [0.29, 0.717) is 12.1 Å². The molecule has 1 aromatic heterocycles. The van der Waals surface area contributed by atoms with Crippen molar-refractivity contribution in [2.45, 2.75) is 85.2 Å². The highest BCUT2D eigenvalue weighted by Gasteiger charge is 2.23. The van der Waals surface area contributed by atoms with Gasteiger partial charge in [0.15, 0.2) is 0 Å². The van der Waals surface area contributed by atoms with E-state index in [1.807, 2.05) is 0 Å². The highest BCUT2D eigenvalue weighted by molar-refractivity contribution is 5.12. The molecule has 20 heavy (non-hydrogen) atoms. The molecule has 2 atom stereocenters. The Labute approximate surface area is 125 Å². The molecular formula is C17H33N3. The van der Waals surface area contributed by atoms with E-state index in [4.69, 9.17) is 5.10 Å². The Balaban J connectivity index is 2.98. The zero-order chi connectivity index (χ0) is 15.0. The topological polar surface area (TPSA) is 29.9 Å². The molecule has 3 heteroatoms. The average Bonchev–Trinajstić information content (AvgIpc) is 2.88. The van der Waals surface area contributed by atoms with Gasteiger partial charge in [-0.1, -0.05) is 41.0 Å². The van der Waals surface area contributed by atoms with Gasteiger partial charge in [0.25, 0.3) is 0 Å². The van der Waals surface area contributed by atoms with Crippen molar-refractivity contribution in [2.75, 3.05) is 6.54 Å². The standard InChI is InChI=1S/C17H33N3/c1-6-11-16(18-12-7-2)17(10-5)20-15(9-4)13-14(8-3)19-20/h13,16-18H,6-12H2,1-5H3. The van der Waals surface area contributed by atoms with Crippen molar-refractivity contribution >= 4 is 0 Å². The predicted molar refractivity (Wildman–Crippen MR) is 87.3 cm³/mol. The van der Waals surface area contributed by atoms with Gasteiger partial charge in [0.2, 0.25) is 0 Å². The summed E-state index contributed by atoms with van der Waals surface area (Å²) in [5.74, 6) is 0. The monoisotopic (exact) mass is 279 g/mol. The number of hydrogen-bond acceptors (Lipinski definition) is 2. The highest BCUT2D eigenvalue weighted by Crippen LogP contribution is 2.22. The lowest BCUT2D eigenvalue weighted by molar-refractivity contribution is 0.294. The van der Waals surface area contributed by atoms with Gasteiger partial charge in [-0.25, -0.2) is 0 Å². The molecule has 0 spiro atoms. The van der Waals surface area contributed by atoms with Crippen LogP contribution in [0.2, 0.25) is 0 Å². The van der Waals surface area contributed by atoms with Gasteiger partial charge in [-0.2, -0.15) is 5.10 Å². The third kappa shape index (κ3) is 4.34. The SMILES string of the molecule is CCCNC(CCC)C(CC)n1nc(CC)cc1CC. The van der Waals surface area contributed by atoms with Crippen molar-refractivity contribution in [3.8, 4) is 0 Å². The summed E-state index contributed by atoms with van der Waals surface area (Å²) < 4.78 is 2.31. The van der Waals surface area contributed by atoms with E-state index in [1.165, 1.54) is 30.7 Å². The number of nitrogens with zero attached hydrogens (tertiary/aromatic N) is 2. The van der Waals surface area contributed by atoms with Crippen molar-refractivity contribution < 1.29 is 0 Å². The Hall–Kier alpha value is -0.830. The molecular weight excluding hydrogens is 246 g/mol. The zero-order valence-electron chi connectivity index (χ0n) is 14.1. The second-order valence-electron chi connectivity index (χ2n) is 5.60. The summed E-state index contributed by atoms with van der Waals surface area (Å²) in [6, 6.07) is 3.31. The van der Waals surface area contributed by atoms with Gasteiger partial charge in [-0.15, -0.1) is 0 Å². The van der Waals surface area contributed by atoms with Crippen LogP contribution in [0.1, 0.15) is 77.7 Å². The van der Waals surface area contributed by atoms with Crippen molar-refractivity contribution in [2.24, 2.45) is 0 Å². The number of rotatable bonds is 10. The van der Waals surface area contributed by atoms with Crippen LogP contribution in [0.5, 0.6) is 0 Å². The molecule has 0 amide bonds. The van der Waals surface area contributed by atoms with Crippen LogP contribution >= 0.6 is 0 Å². The number of nitrogens with one attached hydrogen (secondary N) is 1. The molecule has 0 saturated carbocycles. The van der Waals surface area contributed by atoms with E-state index in [1.54, 1.807) is 0 Å². The molecule has 1 aromatic rings. The van der Waals surface area contributed by atoms with Gasteiger partial charge >= 0.3 is 0 Å². The minimum Gasteiger partial charge on any atom is -0.312 e. The van der Waals surface area contributed by atoms with Crippen molar-refractivity contribution in [1.82, 2.24) is 15.1 Å². The van der Waals surface area contributed by atoms with Crippen molar-refractivity contribution in [3.63, 3.8) is 0 Å². The van der Waals surface area contributed by atoms with Crippen molar-refractivity contribution in [3.05, 3.63) is 17.5 Å². The molecule has 1 heterocycles. The van der Waals surface area contributed by atoms with Crippen LogP contribution in [0.3, 0.4) is 0 Å². The molecule has 1 N–H and O–H groups in total. The normalized spacial score (nSPS) is 14.4. The third-order valence-corrected chi connectivity index (χ3v) is 4.04. The molecule has 1 rings (SSSR count). The van der Waals surface area contributed by atoms with E-state index in [0.717, 1.165) is 25.8 Å². The molecule has 0 aliphatic heterocycles. The number of hydrogen-bond donors (Lipinski definition) is 1. The molecule has 0 aliphatic carbocycles. The summed E-state index contributed by atoms with van der Waals surface area (Å²) in [7, 11) is 0. The van der Waals surface area contributed by atoms with Crippen LogP contribution in [-0.4, -0.2) is 22.4 Å². The summed E-state index contributed by atoms with van der Waals surface area (Å²) in [4.78, 5) is 0. The Morgan fingerprint density at radius 3 is 2.35 bits per heavy atom. The van der Waals surface area contributed by atoms with E-state index in [9.17, 15) is 0 Å². The Kier molecular flexibility index (Phi) is 7.90. The second kappa shape index (κ2) is 9.17. The first kappa shape index (κ1) is 17.2. The molecule has 3 nitrogen and oxygen atoms in total. The van der Waals surface area contributed by atoms with Crippen LogP contribution in [-0.2, 0) is 12.8 Å². The fraction of sp³-hybridized carbons (Fsp3) is 0.824. The minimum absolute atomic E-state index is 0.483. The maximum absolute atomic E-state index is 4.86. The summed E-state index contributed by atoms with van der Waals surface area (Å²) in [5, 5.41) is 8.60. The summed E-state index contributed by atoms with van der Waals surface area (Å²) in [6.07, 6.45) is 6.87. The van der Waals surface area contributed by atoms with E-state index >= 15 is 0 Å². The van der Waals surface area contributed by atoms with Crippen LogP contribution in [0.15, 0.2) is 6.07 Å². The molecule has 0 aliphatic rings. The lowest BCUT2D eigenvalue weighted by Crippen LogP contribution is -2.38. The van der Waals surface area contributed by atoms with E-state index in [2.05, 4.69) is 50.7 Å². The van der Waals surface area contributed by atoms with Gasteiger partial charge < -0.3 is 5.32 Å². The molecule has 116 valence electrons. The summed E-state index contributed by atoms with van der Waals surface area (Å²) in [6.45, 7) is 12.3. The molecule has 0 aromatic carbocycles. The fourth-order valence-corrected chi connectivity index (χ4v) is 2.91. The molecule has 0 saturated heterocycles. The zero-order valence-corrected chi connectivity index (χ0v) is 14.1. The fourth-order valence-electron chi connectivity index (χ4n) is 2.91. The first-order valence-corrected chi connectivity index (χ1v) is 8.52. The molecule has 0 fully saturated rings. The predicted octanol–water partition coefficient (Wildman–Crippen LogP) is 4.13. The van der Waals surface area contributed by atoms with E-state index < -0.39 is 0 Å². The van der Waals surface area contributed by atoms with E-state index in [-0.39, 0.29) is 0 Å². The van der Waals surface area contributed by atoms with Crippen molar-refractivity contribution in [1.29, 1.82) is 0 Å². The first-order chi connectivity index (χ1) is 9.71. The van der Waals surface area contributed by atoms with Crippen LogP contribution in [0.4, 0.5) is 0 Å². The van der Waals surface area contributed by atoms with Gasteiger partial charge in [0.1, 0.15) is 0 Å². The Morgan fingerprint density at radius 1 is 1.10 bits per heavy atom. The van der Waals surface area contributed by atoms with Gasteiger partial charge in [-0.05, 0) is 44.7 Å². The number of aryl methyl sites for hydroxylation is 2. The van der Waals surface area contributed by atoms with Crippen LogP contribution in [0.25, 0.3) is 0 Å². The highest BCUT2D eigenvalue weighted by atomic mass is 15.3. The van der Waals surface area contributed by atoms with Crippen LogP contribution < -0.4 is 5.32 Å². The molecule has 0 radical (unpaired) electrons. The minimum atomic E-state index is 0.483. The summed E-state index contributed by atoms with van der Waals surface area (Å²) in [5.41, 5.74) is 2.61. The maximum Gasteiger partial charge on any atom is 0.0672 e. The summed E-state index contributed by atoms with van der Waals surface area (Å²) >= 11 is 0. The Bertz CT molecular complexity index is 370. The van der Waals surface area contributed by atoms with Gasteiger partial charge in [-0.3, -0.25) is 4.68 Å². The van der Waals surface area contributed by atoms with Crippen LogP contribution in [0, 0.1) is 0 Å². The van der Waals surface area contributed by atoms with Gasteiger partial charge in [0.05, 0.1) is 11.7 Å². The number of aromatic nitrogens is 2. The second-order valence-corrected chi connectivity index (χ2v) is 5.60. The van der Waals surface area contributed by atoms with Gasteiger partial charge in [0, 0.05) is 11.7 Å². The maximum atomic E-state index is 4.86. The molecule has 2 unspecified atom stereocenters.